The highest BCUT2D eigenvalue weighted by Crippen LogP contribution is 2.39. The summed E-state index contributed by atoms with van der Waals surface area (Å²) in [5.74, 6) is 0.253. The number of carbonyl (C=O) groups is 3. The van der Waals surface area contributed by atoms with Crippen LogP contribution in [0.3, 0.4) is 0 Å². The zero-order valence-electron chi connectivity index (χ0n) is 21.7. The minimum Gasteiger partial charge on any atom is -0.497 e. The molecule has 0 radical (unpaired) electrons. The fraction of sp³-hybridized carbons (Fsp3) is 0.100. The molecule has 40 heavy (non-hydrogen) atoms. The molecule has 3 aromatic carbocycles. The molecule has 3 amide bonds. The van der Waals surface area contributed by atoms with E-state index in [1.54, 1.807) is 86.0 Å². The van der Waals surface area contributed by atoms with Crippen molar-refractivity contribution in [3.8, 4) is 11.5 Å². The van der Waals surface area contributed by atoms with Gasteiger partial charge in [-0.15, -0.1) is 0 Å². The Balaban J connectivity index is 1.45. The third-order valence-electron chi connectivity index (χ3n) is 6.04. The van der Waals surface area contributed by atoms with Gasteiger partial charge in [-0.3, -0.25) is 19.3 Å². The van der Waals surface area contributed by atoms with E-state index in [0.717, 1.165) is 16.7 Å². The van der Waals surface area contributed by atoms with Crippen LogP contribution in [0.15, 0.2) is 111 Å². The summed E-state index contributed by atoms with van der Waals surface area (Å²) < 4.78 is 16.1. The van der Waals surface area contributed by atoms with Crippen LogP contribution in [0.1, 0.15) is 16.1 Å². The van der Waals surface area contributed by atoms with Gasteiger partial charge in [0.05, 0.1) is 32.7 Å². The van der Waals surface area contributed by atoms with Gasteiger partial charge in [0, 0.05) is 22.2 Å². The number of nitrogens with one attached hydrogen (secondary N) is 2. The number of hydrogen-bond acceptors (Lipinski definition) is 8. The molecule has 1 aliphatic rings. The first-order valence-corrected chi connectivity index (χ1v) is 13.0. The first kappa shape index (κ1) is 26.6. The van der Waals surface area contributed by atoms with Crippen molar-refractivity contribution in [3.05, 3.63) is 113 Å². The predicted octanol–water partition coefficient (Wildman–Crippen LogP) is 5.53. The van der Waals surface area contributed by atoms with Crippen molar-refractivity contribution in [2.45, 2.75) is 11.4 Å². The maximum absolute atomic E-state index is 13.6. The van der Waals surface area contributed by atoms with Crippen LogP contribution in [-0.4, -0.2) is 36.8 Å². The van der Waals surface area contributed by atoms with Gasteiger partial charge in [0.25, 0.3) is 17.7 Å². The average Bonchev–Trinajstić information content (AvgIpc) is 3.57. The molecule has 9 nitrogen and oxygen atoms in total. The molecule has 10 heteroatoms. The van der Waals surface area contributed by atoms with Gasteiger partial charge in [-0.1, -0.05) is 36.0 Å². The second-order valence-electron chi connectivity index (χ2n) is 8.62. The van der Waals surface area contributed by atoms with Gasteiger partial charge < -0.3 is 24.5 Å². The third kappa shape index (κ3) is 5.71. The topological polar surface area (TPSA) is 110 Å². The molecule has 0 bridgehead atoms. The summed E-state index contributed by atoms with van der Waals surface area (Å²) >= 11 is 1.12. The molecule has 1 aromatic heterocycles. The summed E-state index contributed by atoms with van der Waals surface area (Å²) in [5, 5.41) is 5.98. The highest BCUT2D eigenvalue weighted by molar-refractivity contribution is 8.04. The van der Waals surface area contributed by atoms with Crippen LogP contribution in [0, 0.1) is 0 Å². The Labute approximate surface area is 234 Å². The van der Waals surface area contributed by atoms with Gasteiger partial charge in [0.15, 0.2) is 0 Å². The molecule has 0 spiro atoms. The molecule has 0 saturated carbocycles. The van der Waals surface area contributed by atoms with Crippen molar-refractivity contribution < 1.29 is 28.3 Å². The van der Waals surface area contributed by atoms with Gasteiger partial charge in [-0.25, -0.2) is 0 Å². The number of benzene rings is 3. The van der Waals surface area contributed by atoms with Crippen molar-refractivity contribution in [3.63, 3.8) is 0 Å². The highest BCUT2D eigenvalue weighted by atomic mass is 32.2. The Morgan fingerprint density at radius 3 is 2.45 bits per heavy atom. The molecule has 0 unspecified atom stereocenters. The smallest absolute Gasteiger partial charge is 0.278 e. The largest absolute Gasteiger partial charge is 0.497 e. The number of rotatable bonds is 10. The van der Waals surface area contributed by atoms with E-state index in [9.17, 15) is 14.4 Å². The molecular weight excluding hydrogens is 530 g/mol. The van der Waals surface area contributed by atoms with Crippen LogP contribution in [0.4, 0.5) is 11.4 Å². The Morgan fingerprint density at radius 2 is 1.73 bits per heavy atom. The quantitative estimate of drug-likeness (QED) is 0.246. The number of anilines is 2. The summed E-state index contributed by atoms with van der Waals surface area (Å²) in [6.07, 6.45) is 1.49. The van der Waals surface area contributed by atoms with Gasteiger partial charge in [-0.2, -0.15) is 0 Å². The standard InChI is InChI=1S/C30H25N3O6S/c1-37-21-13-14-24(25(17-21)38-2)32-26-27(30(36)33(29(26)35)18-22-11-7-15-39-22)40-23-12-6-10-20(16-23)31-28(34)19-8-4-3-5-9-19/h3-17,32H,18H2,1-2H3,(H,31,34). The van der Waals surface area contributed by atoms with Crippen molar-refractivity contribution in [1.82, 2.24) is 4.90 Å². The number of imide groups is 1. The summed E-state index contributed by atoms with van der Waals surface area (Å²) in [5.41, 5.74) is 1.66. The summed E-state index contributed by atoms with van der Waals surface area (Å²) in [4.78, 5) is 41.7. The van der Waals surface area contributed by atoms with E-state index in [2.05, 4.69) is 10.6 Å². The van der Waals surface area contributed by atoms with Crippen LogP contribution in [-0.2, 0) is 16.1 Å². The number of hydrogen-bond donors (Lipinski definition) is 2. The minimum atomic E-state index is -0.504. The maximum Gasteiger partial charge on any atom is 0.278 e. The predicted molar refractivity (Wildman–Crippen MR) is 151 cm³/mol. The Bertz CT molecular complexity index is 1580. The Hall–Kier alpha value is -4.96. The number of thioether (sulfide) groups is 1. The number of nitrogens with zero attached hydrogens (tertiary/aromatic N) is 1. The molecule has 2 heterocycles. The Kier molecular flexibility index (Phi) is 7.88. The van der Waals surface area contributed by atoms with Crippen LogP contribution >= 0.6 is 11.8 Å². The normalized spacial score (nSPS) is 13.0. The lowest BCUT2D eigenvalue weighted by atomic mass is 10.2. The Morgan fingerprint density at radius 1 is 0.900 bits per heavy atom. The fourth-order valence-corrected chi connectivity index (χ4v) is 5.05. The molecule has 0 fully saturated rings. The molecule has 4 aromatic rings. The van der Waals surface area contributed by atoms with E-state index in [1.165, 1.54) is 13.4 Å². The lowest BCUT2D eigenvalue weighted by Crippen LogP contribution is -2.31. The van der Waals surface area contributed by atoms with E-state index in [1.807, 2.05) is 6.07 Å². The second kappa shape index (κ2) is 11.8. The first-order valence-electron chi connectivity index (χ1n) is 12.2. The molecular formula is C30H25N3O6S. The van der Waals surface area contributed by atoms with Crippen LogP contribution in [0.2, 0.25) is 0 Å². The van der Waals surface area contributed by atoms with E-state index < -0.39 is 11.8 Å². The lowest BCUT2D eigenvalue weighted by molar-refractivity contribution is -0.138. The zero-order chi connectivity index (χ0) is 28.1. The van der Waals surface area contributed by atoms with Gasteiger partial charge in [0.1, 0.15) is 27.9 Å². The van der Waals surface area contributed by atoms with Crippen molar-refractivity contribution in [2.75, 3.05) is 24.9 Å². The van der Waals surface area contributed by atoms with Gasteiger partial charge in [0.2, 0.25) is 0 Å². The lowest BCUT2D eigenvalue weighted by Gasteiger charge is -2.15. The van der Waals surface area contributed by atoms with E-state index in [0.29, 0.717) is 39.1 Å². The molecule has 2 N–H and O–H groups in total. The van der Waals surface area contributed by atoms with E-state index in [-0.39, 0.29) is 23.1 Å². The molecule has 202 valence electrons. The van der Waals surface area contributed by atoms with Gasteiger partial charge >= 0.3 is 0 Å². The fourth-order valence-electron chi connectivity index (χ4n) is 4.05. The molecule has 0 atom stereocenters. The SMILES string of the molecule is COc1ccc(NC2=C(Sc3cccc(NC(=O)c4ccccc4)c3)C(=O)N(Cc3ccco3)C2=O)c(OC)c1. The van der Waals surface area contributed by atoms with Crippen LogP contribution in [0.25, 0.3) is 0 Å². The number of amides is 3. The molecule has 0 saturated heterocycles. The maximum atomic E-state index is 13.6. The van der Waals surface area contributed by atoms with Crippen LogP contribution < -0.4 is 20.1 Å². The number of furan rings is 1. The summed E-state index contributed by atoms with van der Waals surface area (Å²) in [6, 6.07) is 24.4. The van der Waals surface area contributed by atoms with Crippen molar-refractivity contribution in [1.29, 1.82) is 0 Å². The minimum absolute atomic E-state index is 0.0210. The molecule has 0 aliphatic carbocycles. The zero-order valence-corrected chi connectivity index (χ0v) is 22.5. The summed E-state index contributed by atoms with van der Waals surface area (Å²) in [7, 11) is 3.05. The van der Waals surface area contributed by atoms with E-state index in [4.69, 9.17) is 13.9 Å². The monoisotopic (exact) mass is 555 g/mol. The highest BCUT2D eigenvalue weighted by Gasteiger charge is 2.40. The molecule has 5 rings (SSSR count). The van der Waals surface area contributed by atoms with Crippen molar-refractivity contribution >= 4 is 40.9 Å². The van der Waals surface area contributed by atoms with Crippen LogP contribution in [0.5, 0.6) is 11.5 Å². The van der Waals surface area contributed by atoms with E-state index >= 15 is 0 Å². The average molecular weight is 556 g/mol. The van der Waals surface area contributed by atoms with Crippen molar-refractivity contribution in [2.24, 2.45) is 0 Å². The second-order valence-corrected chi connectivity index (χ2v) is 9.70. The summed E-state index contributed by atoms with van der Waals surface area (Å²) in [6.45, 7) is -0.0210. The van der Waals surface area contributed by atoms with Gasteiger partial charge in [-0.05, 0) is 54.6 Å². The molecule has 1 aliphatic heterocycles. The number of carbonyl (C=O) groups excluding carboxylic acids is 3. The first-order chi connectivity index (χ1) is 19.5. The number of methoxy groups -OCH3 is 2. The third-order valence-corrected chi connectivity index (χ3v) is 7.11. The number of ether oxygens (including phenoxy) is 2.